The van der Waals surface area contributed by atoms with Crippen LogP contribution in [0.1, 0.15) is 47.8 Å². The number of hydrogen-bond donors (Lipinski definition) is 1. The minimum absolute atomic E-state index is 0.322. The second kappa shape index (κ2) is 6.93. The van der Waals surface area contributed by atoms with E-state index in [-0.39, 0.29) is 0 Å². The second-order valence-electron chi connectivity index (χ2n) is 7.99. The van der Waals surface area contributed by atoms with Crippen LogP contribution in [0.5, 0.6) is 0 Å². The smallest absolute Gasteiger partial charge is 0.336 e. The van der Waals surface area contributed by atoms with Crippen molar-refractivity contribution in [2.45, 2.75) is 38.1 Å². The lowest BCUT2D eigenvalue weighted by molar-refractivity contribution is 0.0699. The molecule has 1 aromatic carbocycles. The molecule has 0 atom stereocenters. The van der Waals surface area contributed by atoms with Gasteiger partial charge >= 0.3 is 5.97 Å². The molecule has 1 saturated heterocycles. The Kier molecular flexibility index (Phi) is 4.26. The summed E-state index contributed by atoms with van der Waals surface area (Å²) in [6, 6.07) is 9.18. The van der Waals surface area contributed by atoms with Crippen LogP contribution >= 0.6 is 0 Å². The Balaban J connectivity index is 1.35. The maximum atomic E-state index is 11.7. The largest absolute Gasteiger partial charge is 0.478 e. The van der Waals surface area contributed by atoms with Gasteiger partial charge in [0.05, 0.1) is 11.1 Å². The van der Waals surface area contributed by atoms with Crippen LogP contribution < -0.4 is 4.90 Å². The number of fused-ring (bicyclic) bond motifs is 1. The summed E-state index contributed by atoms with van der Waals surface area (Å²) in [6.07, 6.45) is 8.75. The van der Waals surface area contributed by atoms with E-state index in [1.54, 1.807) is 6.07 Å². The van der Waals surface area contributed by atoms with E-state index >= 15 is 0 Å². The number of para-hydroxylation sites is 1. The molecular weight excluding hydrogens is 352 g/mol. The van der Waals surface area contributed by atoms with E-state index < -0.39 is 5.97 Å². The van der Waals surface area contributed by atoms with Crippen molar-refractivity contribution in [3.8, 4) is 0 Å². The summed E-state index contributed by atoms with van der Waals surface area (Å²) in [4.78, 5) is 23.3. The van der Waals surface area contributed by atoms with Crippen molar-refractivity contribution >= 4 is 22.7 Å². The highest BCUT2D eigenvalue weighted by atomic mass is 16.4. The van der Waals surface area contributed by atoms with Crippen LogP contribution in [0.2, 0.25) is 0 Å². The molecule has 3 aromatic rings. The average molecular weight is 376 g/mol. The number of pyridine rings is 1. The number of nitrogens with zero attached hydrogens (tertiary/aromatic N) is 4. The molecule has 1 saturated carbocycles. The Morgan fingerprint density at radius 2 is 1.93 bits per heavy atom. The summed E-state index contributed by atoms with van der Waals surface area (Å²) >= 11 is 0. The molecule has 1 aliphatic carbocycles. The first-order valence-electron chi connectivity index (χ1n) is 10.1. The van der Waals surface area contributed by atoms with Crippen molar-refractivity contribution in [3.05, 3.63) is 54.1 Å². The van der Waals surface area contributed by atoms with Crippen LogP contribution in [-0.4, -0.2) is 38.7 Å². The number of carbonyl (C=O) groups is 1. The molecule has 0 radical (unpaired) electrons. The monoisotopic (exact) mass is 376 g/mol. The Labute approximate surface area is 163 Å². The molecule has 2 aromatic heterocycles. The van der Waals surface area contributed by atoms with Gasteiger partial charge in [-0.2, -0.15) is 0 Å². The molecule has 6 heteroatoms. The number of carboxylic acids is 1. The lowest BCUT2D eigenvalue weighted by Crippen LogP contribution is -2.34. The number of aromatic carboxylic acids is 1. The van der Waals surface area contributed by atoms with E-state index in [0.29, 0.717) is 16.9 Å². The molecule has 0 unspecified atom stereocenters. The first-order chi connectivity index (χ1) is 13.7. The van der Waals surface area contributed by atoms with Gasteiger partial charge < -0.3 is 14.6 Å². The highest BCUT2D eigenvalue weighted by molar-refractivity contribution is 6.03. The first kappa shape index (κ1) is 17.2. The summed E-state index contributed by atoms with van der Waals surface area (Å²) in [7, 11) is 0. The van der Waals surface area contributed by atoms with Gasteiger partial charge in [-0.05, 0) is 43.7 Å². The van der Waals surface area contributed by atoms with Gasteiger partial charge in [-0.25, -0.2) is 14.8 Å². The Morgan fingerprint density at radius 3 is 2.68 bits per heavy atom. The molecule has 1 N–H and O–H groups in total. The fraction of sp³-hybridized carbons (Fsp3) is 0.409. The standard InChI is InChI=1S/C22H24N4O2/c27-22(28)18-13-20(24-19-4-2-1-3-17(18)19)25-10-7-16(8-11-25)21-23-9-12-26(21)14-15-5-6-15/h1-4,9,12-13,15-16H,5-8,10-11,14H2,(H,27,28). The quantitative estimate of drug-likeness (QED) is 0.731. The minimum Gasteiger partial charge on any atom is -0.478 e. The number of carboxylic acid groups (broad SMARTS) is 1. The molecule has 0 bridgehead atoms. The van der Waals surface area contributed by atoms with Crippen molar-refractivity contribution in [1.29, 1.82) is 0 Å². The van der Waals surface area contributed by atoms with E-state index in [4.69, 9.17) is 4.98 Å². The van der Waals surface area contributed by atoms with Crippen molar-refractivity contribution in [2.24, 2.45) is 5.92 Å². The van der Waals surface area contributed by atoms with E-state index in [0.717, 1.165) is 49.7 Å². The third-order valence-corrected chi connectivity index (χ3v) is 6.02. The molecule has 0 amide bonds. The van der Waals surface area contributed by atoms with Gasteiger partial charge in [0.15, 0.2) is 0 Å². The fourth-order valence-corrected chi connectivity index (χ4v) is 4.28. The molecule has 144 valence electrons. The summed E-state index contributed by atoms with van der Waals surface area (Å²) < 4.78 is 2.34. The van der Waals surface area contributed by atoms with Crippen LogP contribution in [0.15, 0.2) is 42.7 Å². The molecular formula is C22H24N4O2. The van der Waals surface area contributed by atoms with Gasteiger partial charge in [0.25, 0.3) is 0 Å². The summed E-state index contributed by atoms with van der Waals surface area (Å²) in [5, 5.41) is 10.3. The second-order valence-corrected chi connectivity index (χ2v) is 7.99. The van der Waals surface area contributed by atoms with Crippen LogP contribution in [0.3, 0.4) is 0 Å². The molecule has 2 fully saturated rings. The highest BCUT2D eigenvalue weighted by Gasteiger charge is 2.28. The zero-order valence-electron chi connectivity index (χ0n) is 15.8. The van der Waals surface area contributed by atoms with Gasteiger partial charge in [0.1, 0.15) is 11.6 Å². The third kappa shape index (κ3) is 3.23. The average Bonchev–Trinajstić information content (AvgIpc) is 3.42. The maximum absolute atomic E-state index is 11.7. The van der Waals surface area contributed by atoms with E-state index in [1.165, 1.54) is 18.7 Å². The predicted octanol–water partition coefficient (Wildman–Crippen LogP) is 3.92. The van der Waals surface area contributed by atoms with Crippen LogP contribution in [-0.2, 0) is 6.54 Å². The Bertz CT molecular complexity index is 1020. The topological polar surface area (TPSA) is 71.2 Å². The summed E-state index contributed by atoms with van der Waals surface area (Å²) in [5.41, 5.74) is 1.06. The summed E-state index contributed by atoms with van der Waals surface area (Å²) in [5.74, 6) is 2.37. The first-order valence-corrected chi connectivity index (χ1v) is 10.1. The van der Waals surface area contributed by atoms with Gasteiger partial charge in [-0.3, -0.25) is 0 Å². The van der Waals surface area contributed by atoms with E-state index in [2.05, 4.69) is 20.6 Å². The molecule has 28 heavy (non-hydrogen) atoms. The van der Waals surface area contributed by atoms with E-state index in [1.807, 2.05) is 30.5 Å². The zero-order valence-corrected chi connectivity index (χ0v) is 15.8. The molecule has 2 aliphatic rings. The number of aromatic nitrogens is 3. The van der Waals surface area contributed by atoms with Crippen LogP contribution in [0.4, 0.5) is 5.82 Å². The van der Waals surface area contributed by atoms with Crippen molar-refractivity contribution in [1.82, 2.24) is 14.5 Å². The number of benzene rings is 1. The Hall–Kier alpha value is -2.89. The molecule has 5 rings (SSSR count). The number of anilines is 1. The summed E-state index contributed by atoms with van der Waals surface area (Å²) in [6.45, 7) is 2.83. The van der Waals surface area contributed by atoms with Crippen molar-refractivity contribution in [3.63, 3.8) is 0 Å². The fourth-order valence-electron chi connectivity index (χ4n) is 4.28. The molecule has 1 aliphatic heterocycles. The number of imidazole rings is 1. The van der Waals surface area contributed by atoms with E-state index in [9.17, 15) is 9.90 Å². The Morgan fingerprint density at radius 1 is 1.14 bits per heavy atom. The lowest BCUT2D eigenvalue weighted by Gasteiger charge is -2.33. The van der Waals surface area contributed by atoms with Gasteiger partial charge in [0, 0.05) is 43.3 Å². The van der Waals surface area contributed by atoms with Crippen LogP contribution in [0.25, 0.3) is 10.9 Å². The van der Waals surface area contributed by atoms with Crippen molar-refractivity contribution in [2.75, 3.05) is 18.0 Å². The maximum Gasteiger partial charge on any atom is 0.336 e. The number of hydrogen-bond acceptors (Lipinski definition) is 4. The normalized spacial score (nSPS) is 17.9. The zero-order chi connectivity index (χ0) is 19.1. The predicted molar refractivity (Wildman–Crippen MR) is 108 cm³/mol. The number of piperidine rings is 1. The minimum atomic E-state index is -0.906. The molecule has 3 heterocycles. The van der Waals surface area contributed by atoms with Crippen molar-refractivity contribution < 1.29 is 9.90 Å². The van der Waals surface area contributed by atoms with Crippen LogP contribution in [0, 0.1) is 5.92 Å². The third-order valence-electron chi connectivity index (χ3n) is 6.02. The van der Waals surface area contributed by atoms with Gasteiger partial charge in [-0.1, -0.05) is 18.2 Å². The molecule has 0 spiro atoms. The molecule has 6 nitrogen and oxygen atoms in total. The highest BCUT2D eigenvalue weighted by Crippen LogP contribution is 2.34. The van der Waals surface area contributed by atoms with Gasteiger partial charge in [0.2, 0.25) is 0 Å². The lowest BCUT2D eigenvalue weighted by atomic mass is 9.95. The SMILES string of the molecule is O=C(O)c1cc(N2CCC(c3nccn3CC3CC3)CC2)nc2ccccc12. The van der Waals surface area contributed by atoms with Gasteiger partial charge in [-0.15, -0.1) is 0 Å². The number of rotatable bonds is 5.